The molecule has 0 saturated heterocycles. The number of hydrogen-bond acceptors (Lipinski definition) is 5. The van der Waals surface area contributed by atoms with Crippen LogP contribution >= 0.6 is 0 Å². The Morgan fingerprint density at radius 3 is 2.40 bits per heavy atom. The van der Waals surface area contributed by atoms with Crippen LogP contribution in [0.2, 0.25) is 0 Å². The molecule has 5 heteroatoms. The zero-order valence-corrected chi connectivity index (χ0v) is 14.3. The summed E-state index contributed by atoms with van der Waals surface area (Å²) in [7, 11) is 1.59. The molecular formula is C20H18O5. The molecule has 25 heavy (non-hydrogen) atoms. The average Bonchev–Trinajstić information content (AvgIpc) is 2.62. The number of carbonyl (C=O) groups excluding carboxylic acids is 1. The summed E-state index contributed by atoms with van der Waals surface area (Å²) in [6.07, 6.45) is 0.275. The van der Waals surface area contributed by atoms with Gasteiger partial charge < -0.3 is 13.9 Å². The molecule has 0 amide bonds. The maximum atomic E-state index is 12.9. The van der Waals surface area contributed by atoms with E-state index in [0.717, 1.165) is 5.56 Å². The van der Waals surface area contributed by atoms with E-state index in [-0.39, 0.29) is 17.8 Å². The summed E-state index contributed by atoms with van der Waals surface area (Å²) < 4.78 is 16.1. The highest BCUT2D eigenvalue weighted by molar-refractivity contribution is 5.84. The van der Waals surface area contributed by atoms with Crippen molar-refractivity contribution in [3.8, 4) is 22.6 Å². The molecular weight excluding hydrogens is 320 g/mol. The maximum Gasteiger partial charge on any atom is 0.310 e. The molecule has 3 rings (SSSR count). The normalized spacial score (nSPS) is 10.7. The molecule has 0 bridgehead atoms. The Labute approximate surface area is 144 Å². The van der Waals surface area contributed by atoms with Crippen molar-refractivity contribution in [1.82, 2.24) is 0 Å². The summed E-state index contributed by atoms with van der Waals surface area (Å²) in [5, 5.41) is 0.438. The van der Waals surface area contributed by atoms with Gasteiger partial charge in [0.2, 0.25) is 5.43 Å². The van der Waals surface area contributed by atoms with Gasteiger partial charge in [0.15, 0.2) is 0 Å². The van der Waals surface area contributed by atoms with Crippen LogP contribution in [0.3, 0.4) is 0 Å². The monoisotopic (exact) mass is 338 g/mol. The van der Waals surface area contributed by atoms with E-state index < -0.39 is 0 Å². The lowest BCUT2D eigenvalue weighted by molar-refractivity contribution is -0.134. The lowest BCUT2D eigenvalue weighted by Crippen LogP contribution is -2.09. The third-order valence-corrected chi connectivity index (χ3v) is 3.94. The van der Waals surface area contributed by atoms with Crippen molar-refractivity contribution < 1.29 is 18.7 Å². The largest absolute Gasteiger partial charge is 0.497 e. The third-order valence-electron chi connectivity index (χ3n) is 3.94. The second-order valence-corrected chi connectivity index (χ2v) is 5.58. The van der Waals surface area contributed by atoms with Crippen molar-refractivity contribution in [1.29, 1.82) is 0 Å². The van der Waals surface area contributed by atoms with E-state index in [1.165, 1.54) is 0 Å². The van der Waals surface area contributed by atoms with Gasteiger partial charge in [0, 0.05) is 12.5 Å². The topological polar surface area (TPSA) is 65.7 Å². The van der Waals surface area contributed by atoms with E-state index in [4.69, 9.17) is 13.9 Å². The Morgan fingerprint density at radius 2 is 1.76 bits per heavy atom. The fraction of sp³-hybridized carbons (Fsp3) is 0.200. The van der Waals surface area contributed by atoms with Crippen LogP contribution in [0.1, 0.15) is 19.1 Å². The van der Waals surface area contributed by atoms with Crippen molar-refractivity contribution in [2.45, 2.75) is 20.3 Å². The van der Waals surface area contributed by atoms with Crippen LogP contribution in [0.5, 0.6) is 11.5 Å². The lowest BCUT2D eigenvalue weighted by Gasteiger charge is -2.09. The summed E-state index contributed by atoms with van der Waals surface area (Å²) >= 11 is 0. The summed E-state index contributed by atoms with van der Waals surface area (Å²) in [5.74, 6) is 1.24. The number of benzene rings is 2. The molecule has 0 N–H and O–H groups in total. The van der Waals surface area contributed by atoms with E-state index in [9.17, 15) is 9.59 Å². The highest BCUT2D eigenvalue weighted by Crippen LogP contribution is 2.27. The van der Waals surface area contributed by atoms with Crippen molar-refractivity contribution >= 4 is 16.9 Å². The number of esters is 1. The van der Waals surface area contributed by atoms with Gasteiger partial charge in [0.05, 0.1) is 18.1 Å². The fourth-order valence-corrected chi connectivity index (χ4v) is 2.64. The molecule has 5 nitrogen and oxygen atoms in total. The van der Waals surface area contributed by atoms with Gasteiger partial charge in [-0.05, 0) is 36.8 Å². The van der Waals surface area contributed by atoms with Crippen molar-refractivity contribution in [2.75, 3.05) is 7.11 Å². The molecule has 0 atom stereocenters. The highest BCUT2D eigenvalue weighted by atomic mass is 16.5. The quantitative estimate of drug-likeness (QED) is 0.529. The number of fused-ring (bicyclic) bond motifs is 1. The smallest absolute Gasteiger partial charge is 0.310 e. The first-order valence-corrected chi connectivity index (χ1v) is 7.96. The molecule has 1 heterocycles. The first kappa shape index (κ1) is 16.8. The van der Waals surface area contributed by atoms with Gasteiger partial charge in [-0.2, -0.15) is 0 Å². The van der Waals surface area contributed by atoms with Crippen LogP contribution in [-0.4, -0.2) is 13.1 Å². The molecule has 0 radical (unpaired) electrons. The first-order chi connectivity index (χ1) is 12.0. The molecule has 128 valence electrons. The summed E-state index contributed by atoms with van der Waals surface area (Å²) in [6.45, 7) is 3.46. The number of hydrogen-bond donors (Lipinski definition) is 0. The molecule has 0 saturated carbocycles. The average molecular weight is 338 g/mol. The minimum absolute atomic E-state index is 0.128. The Morgan fingerprint density at radius 1 is 1.08 bits per heavy atom. The minimum atomic E-state index is -0.340. The van der Waals surface area contributed by atoms with Crippen LogP contribution in [0, 0.1) is 6.92 Å². The Bertz CT molecular complexity index is 983. The first-order valence-electron chi connectivity index (χ1n) is 7.96. The molecule has 1 aromatic heterocycles. The molecule has 0 aliphatic rings. The predicted molar refractivity (Wildman–Crippen MR) is 95.1 cm³/mol. The van der Waals surface area contributed by atoms with Crippen LogP contribution in [0.25, 0.3) is 22.1 Å². The number of methoxy groups -OCH3 is 1. The lowest BCUT2D eigenvalue weighted by atomic mass is 10.0. The predicted octanol–water partition coefficient (Wildman–Crippen LogP) is 4.09. The van der Waals surface area contributed by atoms with E-state index in [2.05, 4.69) is 0 Å². The van der Waals surface area contributed by atoms with Gasteiger partial charge in [-0.15, -0.1) is 0 Å². The van der Waals surface area contributed by atoms with Crippen LogP contribution in [-0.2, 0) is 4.79 Å². The maximum absolute atomic E-state index is 12.9. The Kier molecular flexibility index (Phi) is 4.57. The zero-order chi connectivity index (χ0) is 18.0. The summed E-state index contributed by atoms with van der Waals surface area (Å²) in [5.41, 5.74) is 1.53. The number of carbonyl (C=O) groups is 1. The van der Waals surface area contributed by atoms with Gasteiger partial charge >= 0.3 is 5.97 Å². The highest BCUT2D eigenvalue weighted by Gasteiger charge is 2.14. The zero-order valence-electron chi connectivity index (χ0n) is 14.3. The molecule has 0 spiro atoms. The molecule has 3 aromatic rings. The van der Waals surface area contributed by atoms with Gasteiger partial charge in [-0.1, -0.05) is 19.1 Å². The third kappa shape index (κ3) is 3.26. The Balaban J connectivity index is 2.11. The Hall–Kier alpha value is -3.08. The van der Waals surface area contributed by atoms with Gasteiger partial charge in [-0.25, -0.2) is 0 Å². The molecule has 0 aliphatic heterocycles. The SMILES string of the molecule is CCC(=O)Oc1ccc2c(=O)c(-c3ccc(OC)cc3)c(C)oc2c1. The second kappa shape index (κ2) is 6.81. The standard InChI is InChI=1S/C20H18O5/c1-4-18(21)25-15-9-10-16-17(11-15)24-12(2)19(20(16)22)13-5-7-14(23-3)8-6-13/h5-11H,4H2,1-3H3. The fourth-order valence-electron chi connectivity index (χ4n) is 2.64. The van der Waals surface area contributed by atoms with Crippen molar-refractivity contribution in [2.24, 2.45) is 0 Å². The van der Waals surface area contributed by atoms with E-state index in [1.54, 1.807) is 51.3 Å². The minimum Gasteiger partial charge on any atom is -0.497 e. The van der Waals surface area contributed by atoms with Crippen LogP contribution in [0.4, 0.5) is 0 Å². The molecule has 0 aliphatic carbocycles. The molecule has 2 aromatic carbocycles. The van der Waals surface area contributed by atoms with Crippen molar-refractivity contribution in [3.05, 3.63) is 58.4 Å². The van der Waals surface area contributed by atoms with Crippen LogP contribution < -0.4 is 14.9 Å². The summed E-state index contributed by atoms with van der Waals surface area (Å²) in [4.78, 5) is 24.3. The number of ether oxygens (including phenoxy) is 2. The number of aryl methyl sites for hydroxylation is 1. The molecule has 0 unspecified atom stereocenters. The van der Waals surface area contributed by atoms with E-state index in [0.29, 0.717) is 33.8 Å². The molecule has 0 fully saturated rings. The van der Waals surface area contributed by atoms with E-state index in [1.807, 2.05) is 12.1 Å². The van der Waals surface area contributed by atoms with Crippen molar-refractivity contribution in [3.63, 3.8) is 0 Å². The van der Waals surface area contributed by atoms with Gasteiger partial charge in [0.25, 0.3) is 0 Å². The number of rotatable bonds is 4. The second-order valence-electron chi connectivity index (χ2n) is 5.58. The van der Waals surface area contributed by atoms with E-state index >= 15 is 0 Å². The van der Waals surface area contributed by atoms with Gasteiger partial charge in [-0.3, -0.25) is 9.59 Å². The van der Waals surface area contributed by atoms with Gasteiger partial charge in [0.1, 0.15) is 22.8 Å². The summed E-state index contributed by atoms with van der Waals surface area (Å²) in [6, 6.07) is 12.0. The van der Waals surface area contributed by atoms with Crippen LogP contribution in [0.15, 0.2) is 51.7 Å².